The minimum absolute atomic E-state index is 0.247. The average molecular weight is 314 g/mol. The summed E-state index contributed by atoms with van der Waals surface area (Å²) in [7, 11) is 1.42. The zero-order valence-corrected chi connectivity index (χ0v) is 13.6. The van der Waals surface area contributed by atoms with E-state index in [1.807, 2.05) is 19.1 Å². The van der Waals surface area contributed by atoms with Crippen LogP contribution in [0.25, 0.3) is 11.4 Å². The van der Waals surface area contributed by atoms with Gasteiger partial charge in [0, 0.05) is 12.4 Å². The standard InChI is InChI=1S/C17H22N4O2/c1-12-6-7-14(19-10-12)15-13(18)11-21(20-15)17(16(22)23-2)8-4-3-5-9-17/h6-7,10-11H,3-5,8-9,18H2,1-2H3. The van der Waals surface area contributed by atoms with Crippen molar-refractivity contribution in [3.8, 4) is 11.4 Å². The van der Waals surface area contributed by atoms with E-state index in [1.54, 1.807) is 17.1 Å². The first-order valence-corrected chi connectivity index (χ1v) is 7.94. The van der Waals surface area contributed by atoms with Crippen molar-refractivity contribution in [1.29, 1.82) is 0 Å². The second-order valence-corrected chi connectivity index (χ2v) is 6.18. The fraction of sp³-hybridized carbons (Fsp3) is 0.471. The molecule has 0 unspecified atom stereocenters. The molecule has 2 aromatic rings. The van der Waals surface area contributed by atoms with Crippen LogP contribution < -0.4 is 5.73 Å². The van der Waals surface area contributed by atoms with Gasteiger partial charge < -0.3 is 10.5 Å². The number of carbonyl (C=O) groups excluding carboxylic acids is 1. The molecule has 1 aliphatic rings. The highest BCUT2D eigenvalue weighted by atomic mass is 16.5. The van der Waals surface area contributed by atoms with E-state index >= 15 is 0 Å². The molecule has 6 heteroatoms. The van der Waals surface area contributed by atoms with Crippen molar-refractivity contribution in [1.82, 2.24) is 14.8 Å². The van der Waals surface area contributed by atoms with Crippen LogP contribution in [0.2, 0.25) is 0 Å². The van der Waals surface area contributed by atoms with Crippen LogP contribution in [-0.4, -0.2) is 27.8 Å². The molecule has 3 rings (SSSR count). The molecule has 0 saturated heterocycles. The summed E-state index contributed by atoms with van der Waals surface area (Å²) in [6.07, 6.45) is 8.05. The number of pyridine rings is 1. The smallest absolute Gasteiger partial charge is 0.333 e. The third kappa shape index (κ3) is 2.69. The van der Waals surface area contributed by atoms with Crippen LogP contribution in [-0.2, 0) is 15.1 Å². The maximum absolute atomic E-state index is 12.5. The topological polar surface area (TPSA) is 83.0 Å². The minimum Gasteiger partial charge on any atom is -0.467 e. The van der Waals surface area contributed by atoms with Gasteiger partial charge in [0.15, 0.2) is 5.54 Å². The zero-order chi connectivity index (χ0) is 16.4. The van der Waals surface area contributed by atoms with E-state index in [0.717, 1.165) is 37.7 Å². The highest BCUT2D eigenvalue weighted by Crippen LogP contribution is 2.37. The second-order valence-electron chi connectivity index (χ2n) is 6.18. The van der Waals surface area contributed by atoms with Crippen LogP contribution in [0.15, 0.2) is 24.5 Å². The van der Waals surface area contributed by atoms with Crippen molar-refractivity contribution in [3.63, 3.8) is 0 Å². The molecule has 0 aromatic carbocycles. The van der Waals surface area contributed by atoms with E-state index in [0.29, 0.717) is 17.1 Å². The number of aryl methyl sites for hydroxylation is 1. The van der Waals surface area contributed by atoms with Gasteiger partial charge in [-0.2, -0.15) is 5.10 Å². The first-order valence-electron chi connectivity index (χ1n) is 7.94. The Morgan fingerprint density at radius 3 is 2.65 bits per heavy atom. The van der Waals surface area contributed by atoms with E-state index in [1.165, 1.54) is 7.11 Å². The van der Waals surface area contributed by atoms with Crippen molar-refractivity contribution in [2.24, 2.45) is 0 Å². The Balaban J connectivity index is 2.04. The molecule has 0 radical (unpaired) electrons. The van der Waals surface area contributed by atoms with Gasteiger partial charge in [-0.15, -0.1) is 0 Å². The Morgan fingerprint density at radius 1 is 1.30 bits per heavy atom. The highest BCUT2D eigenvalue weighted by molar-refractivity contribution is 5.79. The lowest BCUT2D eigenvalue weighted by atomic mass is 9.82. The molecule has 2 aromatic heterocycles. The number of rotatable bonds is 3. The lowest BCUT2D eigenvalue weighted by molar-refractivity contribution is -0.154. The largest absolute Gasteiger partial charge is 0.467 e. The summed E-state index contributed by atoms with van der Waals surface area (Å²) in [5, 5.41) is 4.60. The first kappa shape index (κ1) is 15.5. The molecule has 0 amide bonds. The molecule has 6 nitrogen and oxygen atoms in total. The molecule has 1 aliphatic carbocycles. The van der Waals surface area contributed by atoms with Gasteiger partial charge >= 0.3 is 5.97 Å². The minimum atomic E-state index is -0.746. The SMILES string of the molecule is COC(=O)C1(n2cc(N)c(-c3ccc(C)cn3)n2)CCCCC1. The molecule has 1 fully saturated rings. The first-order chi connectivity index (χ1) is 11.1. The van der Waals surface area contributed by atoms with E-state index in [4.69, 9.17) is 10.5 Å². The lowest BCUT2D eigenvalue weighted by Gasteiger charge is -2.34. The second kappa shape index (κ2) is 6.02. The number of hydrogen-bond acceptors (Lipinski definition) is 5. The fourth-order valence-electron chi connectivity index (χ4n) is 3.27. The van der Waals surface area contributed by atoms with Crippen LogP contribution in [0.3, 0.4) is 0 Å². The van der Waals surface area contributed by atoms with Crippen LogP contribution in [0.1, 0.15) is 37.7 Å². The Labute approximate surface area is 135 Å². The quantitative estimate of drug-likeness (QED) is 0.881. The summed E-state index contributed by atoms with van der Waals surface area (Å²) in [6, 6.07) is 3.86. The maximum Gasteiger partial charge on any atom is 0.333 e. The molecular formula is C17H22N4O2. The van der Waals surface area contributed by atoms with Gasteiger partial charge in [0.25, 0.3) is 0 Å². The summed E-state index contributed by atoms with van der Waals surface area (Å²) >= 11 is 0. The van der Waals surface area contributed by atoms with Crippen molar-refractivity contribution in [2.45, 2.75) is 44.6 Å². The van der Waals surface area contributed by atoms with E-state index in [-0.39, 0.29) is 5.97 Å². The number of methoxy groups -OCH3 is 1. The number of nitrogen functional groups attached to an aromatic ring is 1. The van der Waals surface area contributed by atoms with E-state index < -0.39 is 5.54 Å². The normalized spacial score (nSPS) is 17.0. The summed E-state index contributed by atoms with van der Waals surface area (Å²) in [5.74, 6) is -0.247. The van der Waals surface area contributed by atoms with Crippen LogP contribution in [0, 0.1) is 6.92 Å². The van der Waals surface area contributed by atoms with Crippen LogP contribution in [0.4, 0.5) is 5.69 Å². The number of nitrogens with zero attached hydrogens (tertiary/aromatic N) is 3. The van der Waals surface area contributed by atoms with Gasteiger partial charge in [0.1, 0.15) is 5.69 Å². The molecule has 122 valence electrons. The van der Waals surface area contributed by atoms with Crippen molar-refractivity contribution in [2.75, 3.05) is 12.8 Å². The molecule has 0 spiro atoms. The van der Waals surface area contributed by atoms with Gasteiger partial charge in [0.05, 0.1) is 18.5 Å². The molecule has 2 N–H and O–H groups in total. The van der Waals surface area contributed by atoms with Crippen LogP contribution in [0.5, 0.6) is 0 Å². The highest BCUT2D eigenvalue weighted by Gasteiger charge is 2.43. The lowest BCUT2D eigenvalue weighted by Crippen LogP contribution is -2.44. The number of anilines is 1. The van der Waals surface area contributed by atoms with Gasteiger partial charge in [-0.05, 0) is 31.4 Å². The molecule has 23 heavy (non-hydrogen) atoms. The monoisotopic (exact) mass is 314 g/mol. The Bertz CT molecular complexity index is 700. The molecular weight excluding hydrogens is 292 g/mol. The zero-order valence-electron chi connectivity index (χ0n) is 13.6. The predicted molar refractivity (Wildman–Crippen MR) is 87.7 cm³/mol. The summed E-state index contributed by atoms with van der Waals surface area (Å²) in [6.45, 7) is 1.98. The Kier molecular flexibility index (Phi) is 4.07. The number of ether oxygens (including phenoxy) is 1. The number of nitrogens with two attached hydrogens (primary N) is 1. The van der Waals surface area contributed by atoms with E-state index in [2.05, 4.69) is 10.1 Å². The number of aromatic nitrogens is 3. The Morgan fingerprint density at radius 2 is 2.04 bits per heavy atom. The van der Waals surface area contributed by atoms with Crippen LogP contribution >= 0.6 is 0 Å². The van der Waals surface area contributed by atoms with E-state index in [9.17, 15) is 4.79 Å². The van der Waals surface area contributed by atoms with Crippen molar-refractivity contribution >= 4 is 11.7 Å². The average Bonchev–Trinajstić information content (AvgIpc) is 2.98. The number of esters is 1. The summed E-state index contributed by atoms with van der Waals surface area (Å²) in [4.78, 5) is 16.8. The molecule has 0 bridgehead atoms. The molecule has 2 heterocycles. The molecule has 0 atom stereocenters. The number of hydrogen-bond donors (Lipinski definition) is 1. The molecule has 0 aliphatic heterocycles. The van der Waals surface area contributed by atoms with Crippen molar-refractivity contribution in [3.05, 3.63) is 30.1 Å². The predicted octanol–water partition coefficient (Wildman–Crippen LogP) is 2.67. The number of carbonyl (C=O) groups is 1. The Hall–Kier alpha value is -2.37. The third-order valence-corrected chi connectivity index (χ3v) is 4.58. The fourth-order valence-corrected chi connectivity index (χ4v) is 3.27. The van der Waals surface area contributed by atoms with Gasteiger partial charge in [-0.25, -0.2) is 4.79 Å². The van der Waals surface area contributed by atoms with Crippen molar-refractivity contribution < 1.29 is 9.53 Å². The summed E-state index contributed by atoms with van der Waals surface area (Å²) < 4.78 is 6.76. The molecule has 1 saturated carbocycles. The third-order valence-electron chi connectivity index (χ3n) is 4.58. The van der Waals surface area contributed by atoms with Gasteiger partial charge in [0.2, 0.25) is 0 Å². The van der Waals surface area contributed by atoms with Gasteiger partial charge in [-0.1, -0.05) is 25.3 Å². The summed E-state index contributed by atoms with van der Waals surface area (Å²) in [5.41, 5.74) is 8.32. The maximum atomic E-state index is 12.5. The van der Waals surface area contributed by atoms with Gasteiger partial charge in [-0.3, -0.25) is 9.67 Å².